The molecule has 0 heterocycles. The zero-order valence-corrected chi connectivity index (χ0v) is 19.3. The van der Waals surface area contributed by atoms with Crippen LogP contribution < -0.4 is 20.8 Å². The molecule has 0 saturated carbocycles. The van der Waals surface area contributed by atoms with Crippen molar-refractivity contribution >= 4 is 52.8 Å². The molecule has 0 saturated heterocycles. The number of anilines is 1. The fourth-order valence-corrected chi connectivity index (χ4v) is 2.99. The SMILES string of the molecule is O=C(COc1ccc(/C=N\NC(=O)C(=O)Nc2cccc(Cl)c2Cl)cc1)NCc1ccccc1. The van der Waals surface area contributed by atoms with E-state index < -0.39 is 11.8 Å². The highest BCUT2D eigenvalue weighted by Crippen LogP contribution is 2.29. The van der Waals surface area contributed by atoms with Crippen LogP contribution in [0.15, 0.2) is 77.9 Å². The number of hydrazone groups is 1. The highest BCUT2D eigenvalue weighted by molar-refractivity contribution is 6.45. The summed E-state index contributed by atoms with van der Waals surface area (Å²) < 4.78 is 5.46. The second-order valence-electron chi connectivity index (χ2n) is 6.87. The number of carbonyl (C=O) groups excluding carboxylic acids is 3. The predicted octanol–water partition coefficient (Wildman–Crippen LogP) is 3.78. The number of rotatable bonds is 8. The third-order valence-electron chi connectivity index (χ3n) is 4.37. The Labute approximate surface area is 205 Å². The van der Waals surface area contributed by atoms with Crippen LogP contribution in [-0.4, -0.2) is 30.5 Å². The van der Waals surface area contributed by atoms with Gasteiger partial charge >= 0.3 is 11.8 Å². The minimum atomic E-state index is -0.978. The van der Waals surface area contributed by atoms with Crippen LogP contribution in [0.1, 0.15) is 11.1 Å². The Morgan fingerprint density at radius 3 is 2.35 bits per heavy atom. The first-order valence-electron chi connectivity index (χ1n) is 10.0. The standard InChI is InChI=1S/C24H20Cl2N4O4/c25-19-7-4-8-20(22(19)26)29-23(32)24(33)30-28-14-17-9-11-18(12-10-17)34-15-21(31)27-13-16-5-2-1-3-6-16/h1-12,14H,13,15H2,(H,27,31)(H,29,32)(H,30,33)/b28-14-. The lowest BCUT2D eigenvalue weighted by Gasteiger charge is -2.08. The lowest BCUT2D eigenvalue weighted by Crippen LogP contribution is -2.32. The minimum Gasteiger partial charge on any atom is -0.484 e. The summed E-state index contributed by atoms with van der Waals surface area (Å²) in [5.41, 5.74) is 3.97. The van der Waals surface area contributed by atoms with Gasteiger partial charge in [-0.1, -0.05) is 59.6 Å². The van der Waals surface area contributed by atoms with Crippen LogP contribution in [0.25, 0.3) is 0 Å². The van der Waals surface area contributed by atoms with E-state index in [1.165, 1.54) is 12.3 Å². The van der Waals surface area contributed by atoms with E-state index in [2.05, 4.69) is 21.2 Å². The molecule has 0 radical (unpaired) electrons. The molecule has 0 aliphatic rings. The Bertz CT molecular complexity index is 1190. The van der Waals surface area contributed by atoms with E-state index in [1.807, 2.05) is 30.3 Å². The van der Waals surface area contributed by atoms with Gasteiger partial charge in [0.2, 0.25) is 0 Å². The van der Waals surface area contributed by atoms with Gasteiger partial charge in [-0.15, -0.1) is 0 Å². The third-order valence-corrected chi connectivity index (χ3v) is 5.19. The van der Waals surface area contributed by atoms with Crippen molar-refractivity contribution in [3.8, 4) is 5.75 Å². The van der Waals surface area contributed by atoms with E-state index >= 15 is 0 Å². The fourth-order valence-electron chi connectivity index (χ4n) is 2.64. The number of carbonyl (C=O) groups is 3. The normalized spacial score (nSPS) is 10.5. The van der Waals surface area contributed by atoms with Gasteiger partial charge in [0.05, 0.1) is 21.9 Å². The molecule has 0 aliphatic heterocycles. The Hall–Kier alpha value is -3.88. The molecular formula is C24H20Cl2N4O4. The van der Waals surface area contributed by atoms with Gasteiger partial charge in [-0.3, -0.25) is 14.4 Å². The third kappa shape index (κ3) is 7.61. The quantitative estimate of drug-likeness (QED) is 0.249. The average Bonchev–Trinajstić information content (AvgIpc) is 2.85. The molecule has 3 N–H and O–H groups in total. The summed E-state index contributed by atoms with van der Waals surface area (Å²) in [4.78, 5) is 35.8. The first-order chi connectivity index (χ1) is 16.4. The highest BCUT2D eigenvalue weighted by Gasteiger charge is 2.15. The Balaban J connectivity index is 1.41. The van der Waals surface area contributed by atoms with Crippen molar-refractivity contribution in [3.05, 3.63) is 94.0 Å². The van der Waals surface area contributed by atoms with Crippen molar-refractivity contribution in [2.75, 3.05) is 11.9 Å². The molecule has 0 spiro atoms. The van der Waals surface area contributed by atoms with Crippen molar-refractivity contribution in [3.63, 3.8) is 0 Å². The van der Waals surface area contributed by atoms with Gasteiger partial charge in [0.25, 0.3) is 5.91 Å². The minimum absolute atomic E-state index is 0.123. The smallest absolute Gasteiger partial charge is 0.329 e. The van der Waals surface area contributed by atoms with Crippen LogP contribution in [-0.2, 0) is 20.9 Å². The van der Waals surface area contributed by atoms with Crippen LogP contribution in [0, 0.1) is 0 Å². The number of nitrogens with one attached hydrogen (secondary N) is 3. The van der Waals surface area contributed by atoms with Crippen LogP contribution in [0.4, 0.5) is 5.69 Å². The summed E-state index contributed by atoms with van der Waals surface area (Å²) in [7, 11) is 0. The molecule has 3 aromatic carbocycles. The van der Waals surface area contributed by atoms with Gasteiger partial charge in [0, 0.05) is 6.54 Å². The molecular weight excluding hydrogens is 479 g/mol. The van der Waals surface area contributed by atoms with E-state index in [1.54, 1.807) is 36.4 Å². The number of ether oxygens (including phenoxy) is 1. The average molecular weight is 499 g/mol. The number of nitrogens with zero attached hydrogens (tertiary/aromatic N) is 1. The van der Waals surface area contributed by atoms with Crippen LogP contribution in [0.3, 0.4) is 0 Å². The molecule has 0 aliphatic carbocycles. The number of benzene rings is 3. The molecule has 0 fully saturated rings. The van der Waals surface area contributed by atoms with Crippen LogP contribution >= 0.6 is 23.2 Å². The van der Waals surface area contributed by atoms with Crippen LogP contribution in [0.2, 0.25) is 10.0 Å². The predicted molar refractivity (Wildman–Crippen MR) is 131 cm³/mol. The van der Waals surface area contributed by atoms with Gasteiger partial charge < -0.3 is 15.4 Å². The Morgan fingerprint density at radius 1 is 0.882 bits per heavy atom. The second-order valence-corrected chi connectivity index (χ2v) is 7.66. The first kappa shape index (κ1) is 24.8. The van der Waals surface area contributed by atoms with Crippen molar-refractivity contribution in [1.29, 1.82) is 0 Å². The molecule has 10 heteroatoms. The van der Waals surface area contributed by atoms with E-state index in [9.17, 15) is 14.4 Å². The summed E-state index contributed by atoms with van der Waals surface area (Å²) in [6.07, 6.45) is 1.36. The van der Waals surface area contributed by atoms with Crippen molar-refractivity contribution in [2.24, 2.45) is 5.10 Å². The summed E-state index contributed by atoms with van der Waals surface area (Å²) >= 11 is 11.9. The molecule has 0 atom stereocenters. The van der Waals surface area contributed by atoms with E-state index in [0.29, 0.717) is 17.9 Å². The van der Waals surface area contributed by atoms with E-state index in [-0.39, 0.29) is 28.2 Å². The largest absolute Gasteiger partial charge is 0.484 e. The highest BCUT2D eigenvalue weighted by atomic mass is 35.5. The molecule has 3 amide bonds. The number of hydrogen-bond donors (Lipinski definition) is 3. The van der Waals surface area contributed by atoms with Gasteiger partial charge in [-0.2, -0.15) is 5.10 Å². The van der Waals surface area contributed by atoms with Gasteiger partial charge in [0.15, 0.2) is 6.61 Å². The van der Waals surface area contributed by atoms with E-state index in [4.69, 9.17) is 27.9 Å². The fraction of sp³-hybridized carbons (Fsp3) is 0.0833. The Kier molecular flexibility index (Phi) is 9.02. The second kappa shape index (κ2) is 12.4. The van der Waals surface area contributed by atoms with Gasteiger partial charge in [0.1, 0.15) is 5.75 Å². The van der Waals surface area contributed by atoms with E-state index in [0.717, 1.165) is 5.56 Å². The molecule has 34 heavy (non-hydrogen) atoms. The molecule has 8 nitrogen and oxygen atoms in total. The summed E-state index contributed by atoms with van der Waals surface area (Å²) in [5.74, 6) is -1.67. The number of hydrogen-bond acceptors (Lipinski definition) is 5. The summed E-state index contributed by atoms with van der Waals surface area (Å²) in [5, 5.41) is 9.26. The lowest BCUT2D eigenvalue weighted by molar-refractivity contribution is -0.136. The Morgan fingerprint density at radius 2 is 1.62 bits per heavy atom. The monoisotopic (exact) mass is 498 g/mol. The molecule has 3 aromatic rings. The molecule has 0 aromatic heterocycles. The van der Waals surface area contributed by atoms with Gasteiger partial charge in [-0.05, 0) is 47.5 Å². The molecule has 0 bridgehead atoms. The molecule has 174 valence electrons. The van der Waals surface area contributed by atoms with Crippen molar-refractivity contribution in [1.82, 2.24) is 10.7 Å². The maximum atomic E-state index is 12.0. The number of halogens is 2. The number of amides is 3. The van der Waals surface area contributed by atoms with Gasteiger partial charge in [-0.25, -0.2) is 5.43 Å². The zero-order valence-electron chi connectivity index (χ0n) is 17.8. The van der Waals surface area contributed by atoms with Crippen LogP contribution in [0.5, 0.6) is 5.75 Å². The lowest BCUT2D eigenvalue weighted by atomic mass is 10.2. The summed E-state index contributed by atoms with van der Waals surface area (Å²) in [6.45, 7) is 0.302. The zero-order chi connectivity index (χ0) is 24.3. The maximum absolute atomic E-state index is 12.0. The van der Waals surface area contributed by atoms with Crippen molar-refractivity contribution < 1.29 is 19.1 Å². The summed E-state index contributed by atoms with van der Waals surface area (Å²) in [6, 6.07) is 20.9. The topological polar surface area (TPSA) is 109 Å². The molecule has 3 rings (SSSR count). The first-order valence-corrected chi connectivity index (χ1v) is 10.8. The maximum Gasteiger partial charge on any atom is 0.329 e. The molecule has 0 unspecified atom stereocenters. The van der Waals surface area contributed by atoms with Crippen molar-refractivity contribution in [2.45, 2.75) is 6.54 Å².